The van der Waals surface area contributed by atoms with Crippen molar-refractivity contribution >= 4 is 28.5 Å². The van der Waals surface area contributed by atoms with E-state index in [0.29, 0.717) is 5.52 Å². The van der Waals surface area contributed by atoms with Gasteiger partial charge in [-0.25, -0.2) is 9.78 Å². The summed E-state index contributed by atoms with van der Waals surface area (Å²) in [7, 11) is 1.39. The molecule has 0 spiro atoms. The first-order valence-corrected chi connectivity index (χ1v) is 8.34. The third kappa shape index (κ3) is 4.53. The summed E-state index contributed by atoms with van der Waals surface area (Å²) in [6.45, 7) is 5.32. The van der Waals surface area contributed by atoms with Crippen LogP contribution in [-0.2, 0) is 11.8 Å². The number of amides is 1. The number of hydrogen-bond acceptors (Lipinski definition) is 8. The Morgan fingerprint density at radius 3 is 2.64 bits per heavy atom. The first-order valence-electron chi connectivity index (χ1n) is 8.34. The quantitative estimate of drug-likeness (QED) is 0.445. The Labute approximate surface area is 160 Å². The van der Waals surface area contributed by atoms with Crippen LogP contribution in [0.15, 0.2) is 16.9 Å². The predicted molar refractivity (Wildman–Crippen MR) is 101 cm³/mol. The molecule has 2 aromatic heterocycles. The van der Waals surface area contributed by atoms with Crippen LogP contribution in [0.1, 0.15) is 26.5 Å². The molecule has 0 saturated heterocycles. The molecule has 0 aliphatic carbocycles. The molecule has 0 saturated carbocycles. The van der Waals surface area contributed by atoms with E-state index in [0.717, 1.165) is 4.57 Å². The number of hydrogen-bond donors (Lipinski definition) is 2. The number of aromatic nitrogens is 2. The average molecular weight is 388 g/mol. The molecule has 0 aromatic carbocycles. The van der Waals surface area contributed by atoms with Gasteiger partial charge in [-0.3, -0.25) is 14.9 Å². The Bertz CT molecular complexity index is 1030. The molecule has 148 valence electrons. The Morgan fingerprint density at radius 1 is 1.39 bits per heavy atom. The highest BCUT2D eigenvalue weighted by atomic mass is 16.6. The number of nitriles is 1. The summed E-state index contributed by atoms with van der Waals surface area (Å²) in [5.41, 5.74) is -1.76. The second kappa shape index (κ2) is 7.91. The van der Waals surface area contributed by atoms with Crippen LogP contribution < -0.4 is 16.2 Å². The molecule has 11 nitrogen and oxygen atoms in total. The summed E-state index contributed by atoms with van der Waals surface area (Å²) < 4.78 is 6.20. The molecule has 2 heterocycles. The summed E-state index contributed by atoms with van der Waals surface area (Å²) in [6.07, 6.45) is -0.637. The third-order valence-electron chi connectivity index (χ3n) is 3.61. The second-order valence-electron chi connectivity index (χ2n) is 6.88. The monoisotopic (exact) mass is 388 g/mol. The molecule has 2 N–H and O–H groups in total. The van der Waals surface area contributed by atoms with E-state index in [4.69, 9.17) is 10.00 Å². The smallest absolute Gasteiger partial charge is 0.407 e. The molecule has 0 atom stereocenters. The number of carbonyl (C=O) groups excluding carboxylic acids is 1. The lowest BCUT2D eigenvalue weighted by atomic mass is 10.2. The van der Waals surface area contributed by atoms with Gasteiger partial charge in [0, 0.05) is 20.1 Å². The highest BCUT2D eigenvalue weighted by Crippen LogP contribution is 2.28. The van der Waals surface area contributed by atoms with Crippen LogP contribution in [0.5, 0.6) is 0 Å². The molecule has 28 heavy (non-hydrogen) atoms. The number of anilines is 1. The number of aryl methyl sites for hydroxylation is 1. The van der Waals surface area contributed by atoms with Crippen molar-refractivity contribution in [2.45, 2.75) is 26.4 Å². The molecule has 0 radical (unpaired) electrons. The topological polar surface area (TPSA) is 152 Å². The minimum atomic E-state index is -0.813. The van der Waals surface area contributed by atoms with Gasteiger partial charge in [0.2, 0.25) is 0 Å². The van der Waals surface area contributed by atoms with E-state index in [1.54, 1.807) is 20.8 Å². The van der Waals surface area contributed by atoms with E-state index in [2.05, 4.69) is 15.6 Å². The molecule has 2 rings (SSSR count). The first-order chi connectivity index (χ1) is 13.0. The fraction of sp³-hybridized carbons (Fsp3) is 0.412. The van der Waals surface area contributed by atoms with E-state index in [1.165, 1.54) is 19.2 Å². The van der Waals surface area contributed by atoms with Crippen LogP contribution in [0.3, 0.4) is 0 Å². The molecule has 2 aromatic rings. The van der Waals surface area contributed by atoms with Gasteiger partial charge >= 0.3 is 17.3 Å². The van der Waals surface area contributed by atoms with Crippen LogP contribution in [0.4, 0.5) is 16.2 Å². The number of nitrogens with one attached hydrogen (secondary N) is 2. The second-order valence-corrected chi connectivity index (χ2v) is 6.88. The van der Waals surface area contributed by atoms with Gasteiger partial charge in [0.05, 0.1) is 10.4 Å². The number of pyridine rings is 2. The number of carbonyl (C=O) groups is 1. The van der Waals surface area contributed by atoms with E-state index >= 15 is 0 Å². The molecule has 0 aliphatic rings. The van der Waals surface area contributed by atoms with Crippen LogP contribution in [-0.4, -0.2) is 39.3 Å². The Morgan fingerprint density at radius 2 is 2.07 bits per heavy atom. The molecule has 0 unspecified atom stereocenters. The van der Waals surface area contributed by atoms with Crippen molar-refractivity contribution in [3.8, 4) is 6.07 Å². The maximum Gasteiger partial charge on any atom is 0.407 e. The number of rotatable bonds is 5. The van der Waals surface area contributed by atoms with Gasteiger partial charge < -0.3 is 19.9 Å². The number of alkyl carbamates (subject to hydrolysis) is 1. The largest absolute Gasteiger partial charge is 0.444 e. The summed E-state index contributed by atoms with van der Waals surface area (Å²) in [5.74, 6) is 0. The molecule has 0 bridgehead atoms. The lowest BCUT2D eigenvalue weighted by molar-refractivity contribution is -0.385. The molecule has 0 aliphatic heterocycles. The van der Waals surface area contributed by atoms with Crippen LogP contribution in [0.25, 0.3) is 11.0 Å². The van der Waals surface area contributed by atoms with E-state index in [9.17, 15) is 19.7 Å². The van der Waals surface area contributed by atoms with Crippen molar-refractivity contribution < 1.29 is 14.5 Å². The Balaban J connectivity index is 2.34. The van der Waals surface area contributed by atoms with Gasteiger partial charge in [0.25, 0.3) is 0 Å². The maximum absolute atomic E-state index is 12.4. The molecular weight excluding hydrogens is 368 g/mol. The van der Waals surface area contributed by atoms with Crippen molar-refractivity contribution in [3.63, 3.8) is 0 Å². The minimum absolute atomic E-state index is 0.0513. The number of fused-ring (bicyclic) bond motifs is 1. The SMILES string of the molecule is Cn1c(=O)c([N+](=O)[O-])c(NCCNC(=O)OC(C)(C)C)c2nc(C#N)ccc21. The Hall–Kier alpha value is -3.68. The zero-order chi connectivity index (χ0) is 21.1. The van der Waals surface area contributed by atoms with E-state index in [-0.39, 0.29) is 30.0 Å². The van der Waals surface area contributed by atoms with Gasteiger partial charge in [-0.1, -0.05) is 0 Å². The minimum Gasteiger partial charge on any atom is -0.444 e. The summed E-state index contributed by atoms with van der Waals surface area (Å²) >= 11 is 0. The summed E-state index contributed by atoms with van der Waals surface area (Å²) in [4.78, 5) is 38.8. The summed E-state index contributed by atoms with van der Waals surface area (Å²) in [6, 6.07) is 4.78. The van der Waals surface area contributed by atoms with Crippen LogP contribution in [0.2, 0.25) is 0 Å². The zero-order valence-corrected chi connectivity index (χ0v) is 15.9. The van der Waals surface area contributed by atoms with Crippen molar-refractivity contribution in [3.05, 3.63) is 38.3 Å². The lowest BCUT2D eigenvalue weighted by Crippen LogP contribution is -2.35. The van der Waals surface area contributed by atoms with Crippen molar-refractivity contribution in [2.24, 2.45) is 7.05 Å². The number of nitro groups is 1. The first kappa shape index (κ1) is 20.6. The van der Waals surface area contributed by atoms with Crippen LogP contribution in [0, 0.1) is 21.4 Å². The fourth-order valence-corrected chi connectivity index (χ4v) is 2.46. The number of nitrogens with zero attached hydrogens (tertiary/aromatic N) is 4. The zero-order valence-electron chi connectivity index (χ0n) is 15.9. The lowest BCUT2D eigenvalue weighted by Gasteiger charge is -2.19. The fourth-order valence-electron chi connectivity index (χ4n) is 2.46. The van der Waals surface area contributed by atoms with Gasteiger partial charge in [-0.05, 0) is 32.9 Å². The van der Waals surface area contributed by atoms with E-state index < -0.39 is 27.9 Å². The molecule has 11 heteroatoms. The molecule has 1 amide bonds. The van der Waals surface area contributed by atoms with E-state index in [1.807, 2.05) is 6.07 Å². The third-order valence-corrected chi connectivity index (χ3v) is 3.61. The van der Waals surface area contributed by atoms with Crippen molar-refractivity contribution in [1.29, 1.82) is 5.26 Å². The summed E-state index contributed by atoms with van der Waals surface area (Å²) in [5, 5.41) is 25.8. The van der Waals surface area contributed by atoms with Gasteiger partial charge in [0.1, 0.15) is 28.6 Å². The maximum atomic E-state index is 12.4. The van der Waals surface area contributed by atoms with Gasteiger partial charge in [0.15, 0.2) is 0 Å². The van der Waals surface area contributed by atoms with Crippen molar-refractivity contribution in [2.75, 3.05) is 18.4 Å². The van der Waals surface area contributed by atoms with Crippen LogP contribution >= 0.6 is 0 Å². The molecule has 0 fully saturated rings. The standard InChI is InChI=1S/C17H20N6O5/c1-17(2,3)28-16(25)20-8-7-19-13-12-11(6-5-10(9-18)21-12)22(4)15(24)14(13)23(26)27/h5-6,19H,7-8H2,1-4H3,(H,20,25). The average Bonchev–Trinajstić information content (AvgIpc) is 2.60. The highest BCUT2D eigenvalue weighted by Gasteiger charge is 2.26. The molecular formula is C17H20N6O5. The number of ether oxygens (including phenoxy) is 1. The highest BCUT2D eigenvalue weighted by molar-refractivity contribution is 5.93. The Kier molecular flexibility index (Phi) is 5.83. The van der Waals surface area contributed by atoms with Gasteiger partial charge in [-0.2, -0.15) is 5.26 Å². The predicted octanol–water partition coefficient (Wildman–Crippen LogP) is 1.65. The normalized spacial score (nSPS) is 11.0. The van der Waals surface area contributed by atoms with Gasteiger partial charge in [-0.15, -0.1) is 0 Å². The van der Waals surface area contributed by atoms with Crippen molar-refractivity contribution in [1.82, 2.24) is 14.9 Å².